The van der Waals surface area contributed by atoms with Gasteiger partial charge in [-0.15, -0.1) is 0 Å². The molecule has 26 nitrogen and oxygen atoms in total. The second-order valence-corrected chi connectivity index (χ2v) is 26.0. The molecule has 28 heteroatoms. The first-order valence-electron chi connectivity index (χ1n) is 27.3. The van der Waals surface area contributed by atoms with E-state index < -0.39 is 129 Å². The highest BCUT2D eigenvalue weighted by molar-refractivity contribution is 8.77. The van der Waals surface area contributed by atoms with Crippen molar-refractivity contribution in [2.45, 2.75) is 178 Å². The molecule has 3 aromatic rings. The fraction of sp³-hybridized carbons (Fsp3) is 0.554. The Morgan fingerprint density at radius 1 is 0.762 bits per heavy atom. The number of carbonyl (C=O) groups is 11. The summed E-state index contributed by atoms with van der Waals surface area (Å²) < 4.78 is 8.09. The number of benzene rings is 2. The summed E-state index contributed by atoms with van der Waals surface area (Å²) in [6.45, 7) is 17.3. The lowest BCUT2D eigenvalue weighted by atomic mass is 9.98. The maximum absolute atomic E-state index is 15.0. The summed E-state index contributed by atoms with van der Waals surface area (Å²) in [5.41, 5.74) is 7.43. The van der Waals surface area contributed by atoms with Crippen molar-refractivity contribution in [1.82, 2.24) is 52.8 Å². The van der Waals surface area contributed by atoms with Gasteiger partial charge in [-0.3, -0.25) is 43.2 Å². The molecule has 1 fully saturated rings. The SMILES string of the molecule is CC(=O)NCCCC[C@@H]1NC(=O)[C@H](Cc2c[nH]c3c(C)cccc23)NC(=O)[C@H]([C@@H](C)O)NC(=O)[C@H](CC(N)=O)NC(=O)[C@@H](NC(C)=O)C(C)(C)SSC(C)(C)[C@@H](C(=O)N[C@@H](Cc2ccc(OCCNC(=O)OC(C)(C)C)cc2)C(=O)O)NC1=O. The lowest BCUT2D eigenvalue weighted by Crippen LogP contribution is -2.64. The molecule has 84 heavy (non-hydrogen) atoms. The van der Waals surface area contributed by atoms with Crippen LogP contribution in [0.15, 0.2) is 48.7 Å². The van der Waals surface area contributed by atoms with Crippen LogP contribution in [0.1, 0.15) is 112 Å². The third-order valence-electron chi connectivity index (χ3n) is 13.1. The van der Waals surface area contributed by atoms with Gasteiger partial charge in [-0.2, -0.15) is 0 Å². The number of aromatic nitrogens is 1. The van der Waals surface area contributed by atoms with Crippen LogP contribution < -0.4 is 58.3 Å². The molecule has 1 aliphatic heterocycles. The Bertz CT molecular complexity index is 2870. The second kappa shape index (κ2) is 30.8. The minimum atomic E-state index is -1.84. The number of aliphatic hydroxyl groups is 1. The van der Waals surface area contributed by atoms with Crippen LogP contribution >= 0.6 is 21.6 Å². The van der Waals surface area contributed by atoms with Gasteiger partial charge in [0, 0.05) is 59.8 Å². The van der Waals surface area contributed by atoms with Gasteiger partial charge in [0.2, 0.25) is 53.2 Å². The average Bonchev–Trinajstić information content (AvgIpc) is 3.03. The van der Waals surface area contributed by atoms with Crippen molar-refractivity contribution in [3.05, 3.63) is 65.4 Å². The van der Waals surface area contributed by atoms with E-state index in [1.54, 1.807) is 91.1 Å². The van der Waals surface area contributed by atoms with Crippen LogP contribution in [0.25, 0.3) is 10.9 Å². The Hall–Kier alpha value is -7.59. The van der Waals surface area contributed by atoms with E-state index in [-0.39, 0.29) is 51.3 Å². The van der Waals surface area contributed by atoms with E-state index in [1.807, 2.05) is 13.0 Å². The number of primary amides is 1. The highest BCUT2D eigenvalue weighted by atomic mass is 33.1. The molecular formula is C56H81N11O15S2. The molecule has 1 aromatic heterocycles. The molecule has 8 atom stereocenters. The molecule has 0 radical (unpaired) electrons. The van der Waals surface area contributed by atoms with E-state index in [0.717, 1.165) is 39.6 Å². The number of hydrogen-bond acceptors (Lipinski definition) is 16. The molecule has 4 rings (SSSR count). The van der Waals surface area contributed by atoms with Crippen molar-refractivity contribution in [3.63, 3.8) is 0 Å². The number of aromatic amines is 1. The number of ether oxygens (including phenoxy) is 2. The van der Waals surface area contributed by atoms with Crippen molar-refractivity contribution >= 4 is 97.7 Å². The summed E-state index contributed by atoms with van der Waals surface area (Å²) in [6, 6.07) is 0.335. The number of fused-ring (bicyclic) bond motifs is 1. The van der Waals surface area contributed by atoms with Gasteiger partial charge in [-0.25, -0.2) is 9.59 Å². The van der Waals surface area contributed by atoms with Crippen LogP contribution in [-0.2, 0) is 65.5 Å². The van der Waals surface area contributed by atoms with E-state index in [9.17, 15) is 58.2 Å². The van der Waals surface area contributed by atoms with E-state index in [1.165, 1.54) is 13.8 Å². The zero-order valence-corrected chi connectivity index (χ0v) is 50.8. The van der Waals surface area contributed by atoms with Gasteiger partial charge in [0.1, 0.15) is 60.3 Å². The van der Waals surface area contributed by atoms with Gasteiger partial charge >= 0.3 is 12.1 Å². The number of alkyl carbamates (subject to hydrolysis) is 1. The highest BCUT2D eigenvalue weighted by Crippen LogP contribution is 2.47. The Kier molecular flexibility index (Phi) is 25.3. The molecule has 0 unspecified atom stereocenters. The molecule has 2 aromatic carbocycles. The number of carboxylic acids is 1. The van der Waals surface area contributed by atoms with E-state index in [4.69, 9.17) is 15.2 Å². The summed E-state index contributed by atoms with van der Waals surface area (Å²) in [6.07, 6.45) is -1.54. The quantitative estimate of drug-likeness (QED) is 0.0558. The van der Waals surface area contributed by atoms with Crippen LogP contribution in [0.5, 0.6) is 5.75 Å². The largest absolute Gasteiger partial charge is 0.492 e. The number of unbranched alkanes of at least 4 members (excludes halogenated alkanes) is 1. The van der Waals surface area contributed by atoms with Gasteiger partial charge in [0.15, 0.2) is 0 Å². The number of nitrogens with two attached hydrogens (primary N) is 1. The lowest BCUT2D eigenvalue weighted by Gasteiger charge is -2.39. The fourth-order valence-corrected chi connectivity index (χ4v) is 11.6. The Labute approximate surface area is 495 Å². The number of aliphatic carboxylic acids is 1. The van der Waals surface area contributed by atoms with Gasteiger partial charge in [-0.1, -0.05) is 51.9 Å². The third-order valence-corrected chi connectivity index (χ3v) is 17.4. The van der Waals surface area contributed by atoms with Crippen LogP contribution in [0.2, 0.25) is 0 Å². The number of aryl methyl sites for hydroxylation is 1. The van der Waals surface area contributed by atoms with Gasteiger partial charge < -0.3 is 78.3 Å². The summed E-state index contributed by atoms with van der Waals surface area (Å²) in [4.78, 5) is 153. The zero-order valence-electron chi connectivity index (χ0n) is 49.2. The predicted molar refractivity (Wildman–Crippen MR) is 315 cm³/mol. The number of carbonyl (C=O) groups excluding carboxylic acids is 10. The summed E-state index contributed by atoms with van der Waals surface area (Å²) in [7, 11) is 1.93. The van der Waals surface area contributed by atoms with Crippen molar-refractivity contribution in [1.29, 1.82) is 0 Å². The summed E-state index contributed by atoms with van der Waals surface area (Å²) >= 11 is 0. The van der Waals surface area contributed by atoms with E-state index in [2.05, 4.69) is 52.8 Å². The van der Waals surface area contributed by atoms with Gasteiger partial charge in [0.25, 0.3) is 0 Å². The fourth-order valence-electron chi connectivity index (χ4n) is 8.74. The molecule has 0 spiro atoms. The predicted octanol–water partition coefficient (Wildman–Crippen LogP) is 1.18. The van der Waals surface area contributed by atoms with Gasteiger partial charge in [-0.05, 0) is 110 Å². The molecule has 0 saturated carbocycles. The van der Waals surface area contributed by atoms with Crippen LogP contribution in [-0.4, -0.2) is 164 Å². The Morgan fingerprint density at radius 2 is 1.38 bits per heavy atom. The van der Waals surface area contributed by atoms with Crippen LogP contribution in [0, 0.1) is 6.92 Å². The Morgan fingerprint density at radius 3 is 1.99 bits per heavy atom. The van der Waals surface area contributed by atoms with Crippen molar-refractivity contribution in [3.8, 4) is 5.75 Å². The van der Waals surface area contributed by atoms with Crippen LogP contribution in [0.4, 0.5) is 4.79 Å². The van der Waals surface area contributed by atoms with E-state index >= 15 is 4.79 Å². The molecule has 1 saturated heterocycles. The topological polar surface area (TPSA) is 397 Å². The first kappa shape index (κ1) is 68.9. The van der Waals surface area contributed by atoms with Gasteiger partial charge in [0.05, 0.1) is 19.1 Å². The molecule has 0 bridgehead atoms. The average molecular weight is 1210 g/mol. The number of para-hydroxylation sites is 1. The number of aliphatic hydroxyl groups excluding tert-OH is 1. The molecular weight excluding hydrogens is 1130 g/mol. The normalized spacial score (nSPS) is 21.5. The number of hydrogen-bond donors (Lipinski definition) is 13. The maximum atomic E-state index is 15.0. The summed E-state index contributed by atoms with van der Waals surface area (Å²) in [5.74, 6) is -9.17. The molecule has 2 heterocycles. The van der Waals surface area contributed by atoms with Crippen LogP contribution in [0.3, 0.4) is 0 Å². The maximum Gasteiger partial charge on any atom is 0.407 e. The summed E-state index contributed by atoms with van der Waals surface area (Å²) in [5, 5.41) is 45.6. The molecule has 462 valence electrons. The Balaban J connectivity index is 1.82. The van der Waals surface area contributed by atoms with Crippen molar-refractivity contribution in [2.24, 2.45) is 5.73 Å². The van der Waals surface area contributed by atoms with E-state index in [0.29, 0.717) is 28.7 Å². The third kappa shape index (κ3) is 21.6. The standard InChI is InChI=1S/C56H81N11O15S2/c1-29-15-14-16-36-34(28-60-42(29)36)26-38-47(73)62-37(17-12-13-22-58-31(3)69)46(72)67-45(51(77)65-40(52(78)79)25-33-18-20-35(21-19-33)81-24-23-59-53(80)82-54(5,6)7)56(10,11)84-83-55(8,9)44(61-32(4)70)50(76)64-39(27-41(57)71)48(74)66-43(30(2)68)49(75)63-38/h14-16,18-21,28,30,37-40,43-45,60,68H,12-13,17,22-27H2,1-11H3,(H2,57,71)(H,58,69)(H,59,80)(H,61,70)(H,62,73)(H,63,75)(H,64,76)(H,65,77)(H,66,74)(H,67,72)(H,78,79)/t30-,37+,38+,39+,40+,43+,44-,45-/m1/s1. The number of rotatable bonds is 20. The lowest BCUT2D eigenvalue weighted by molar-refractivity contribution is -0.142. The number of nitrogens with one attached hydrogen (secondary N) is 10. The molecule has 0 aliphatic carbocycles. The number of H-pyrrole nitrogens is 1. The molecule has 10 amide bonds. The molecule has 1 aliphatic rings. The second-order valence-electron chi connectivity index (χ2n) is 22.5. The zero-order chi connectivity index (χ0) is 62.9. The van der Waals surface area contributed by atoms with Crippen molar-refractivity contribution < 1.29 is 72.4 Å². The molecule has 14 N–H and O–H groups in total. The minimum Gasteiger partial charge on any atom is -0.492 e. The first-order valence-corrected chi connectivity index (χ1v) is 29.5. The first-order chi connectivity index (χ1) is 39.2. The van der Waals surface area contributed by atoms with Crippen molar-refractivity contribution in [2.75, 3.05) is 19.7 Å². The highest BCUT2D eigenvalue weighted by Gasteiger charge is 2.45. The smallest absolute Gasteiger partial charge is 0.407 e. The minimum absolute atomic E-state index is 0.0773. The number of amides is 10. The number of carboxylic acid groups (broad SMARTS) is 1. The monoisotopic (exact) mass is 1210 g/mol.